The van der Waals surface area contributed by atoms with E-state index in [4.69, 9.17) is 14.2 Å². The molecule has 2 aromatic rings. The quantitative estimate of drug-likeness (QED) is 0.261. The molecule has 0 aliphatic carbocycles. The van der Waals surface area contributed by atoms with Gasteiger partial charge in [-0.05, 0) is 42.7 Å². The third kappa shape index (κ3) is 4.94. The summed E-state index contributed by atoms with van der Waals surface area (Å²) in [6.45, 7) is 3.41. The summed E-state index contributed by atoms with van der Waals surface area (Å²) in [5.41, 5.74) is 1.19. The van der Waals surface area contributed by atoms with Crippen LogP contribution in [0.15, 0.2) is 54.1 Å². The molecule has 1 heterocycles. The van der Waals surface area contributed by atoms with Gasteiger partial charge in [-0.3, -0.25) is 9.59 Å². The summed E-state index contributed by atoms with van der Waals surface area (Å²) in [6.07, 6.45) is 1.46. The van der Waals surface area contributed by atoms with E-state index in [1.165, 1.54) is 12.0 Å². The fraction of sp³-hybridized carbons (Fsp3) is 0.360. The average molecular weight is 440 g/mol. The molecule has 1 saturated heterocycles. The Morgan fingerprint density at radius 3 is 2.44 bits per heavy atom. The number of methoxy groups -OCH3 is 2. The first-order chi connectivity index (χ1) is 15.5. The van der Waals surface area contributed by atoms with E-state index >= 15 is 0 Å². The van der Waals surface area contributed by atoms with Crippen molar-refractivity contribution in [3.05, 3.63) is 65.2 Å². The fourth-order valence-electron chi connectivity index (χ4n) is 3.73. The van der Waals surface area contributed by atoms with Gasteiger partial charge in [0.15, 0.2) is 0 Å². The Morgan fingerprint density at radius 2 is 1.78 bits per heavy atom. The zero-order valence-corrected chi connectivity index (χ0v) is 18.7. The lowest BCUT2D eigenvalue weighted by atomic mass is 9.95. The van der Waals surface area contributed by atoms with E-state index in [1.54, 1.807) is 31.4 Å². The second kappa shape index (κ2) is 10.8. The number of ketones is 1. The maximum absolute atomic E-state index is 13.0. The first-order valence-electron chi connectivity index (χ1n) is 10.7. The van der Waals surface area contributed by atoms with E-state index in [0.717, 1.165) is 12.0 Å². The molecule has 170 valence electrons. The third-order valence-electron chi connectivity index (χ3n) is 5.30. The molecule has 0 saturated carbocycles. The highest BCUT2D eigenvalue weighted by Crippen LogP contribution is 2.40. The molecule has 32 heavy (non-hydrogen) atoms. The molecule has 1 aliphatic heterocycles. The van der Waals surface area contributed by atoms with Gasteiger partial charge >= 0.3 is 0 Å². The summed E-state index contributed by atoms with van der Waals surface area (Å²) in [6, 6.07) is 13.3. The van der Waals surface area contributed by atoms with Crippen LogP contribution >= 0.6 is 0 Å². The van der Waals surface area contributed by atoms with Crippen LogP contribution in [0.2, 0.25) is 0 Å². The van der Waals surface area contributed by atoms with Gasteiger partial charge in [-0.2, -0.15) is 0 Å². The topological polar surface area (TPSA) is 85.3 Å². The van der Waals surface area contributed by atoms with Crippen molar-refractivity contribution >= 4 is 17.4 Å². The minimum absolute atomic E-state index is 0.0582. The molecule has 0 bridgehead atoms. The Morgan fingerprint density at radius 1 is 1.03 bits per heavy atom. The summed E-state index contributed by atoms with van der Waals surface area (Å²) >= 11 is 0. The van der Waals surface area contributed by atoms with Crippen LogP contribution in [0.25, 0.3) is 5.76 Å². The molecule has 7 nitrogen and oxygen atoms in total. The number of hydrogen-bond donors (Lipinski definition) is 1. The third-order valence-corrected chi connectivity index (χ3v) is 5.30. The van der Waals surface area contributed by atoms with Gasteiger partial charge in [0.25, 0.3) is 11.7 Å². The number of aliphatic hydroxyl groups is 1. The van der Waals surface area contributed by atoms with E-state index in [1.807, 2.05) is 31.2 Å². The monoisotopic (exact) mass is 439 g/mol. The van der Waals surface area contributed by atoms with Crippen molar-refractivity contribution < 1.29 is 28.9 Å². The minimum atomic E-state index is -0.710. The Kier molecular flexibility index (Phi) is 7.89. The molecular weight excluding hydrogens is 410 g/mol. The molecular formula is C25H29NO6. The number of carbonyl (C=O) groups is 2. The fourth-order valence-corrected chi connectivity index (χ4v) is 3.73. The molecule has 0 radical (unpaired) electrons. The Balaban J connectivity index is 2.06. The number of rotatable bonds is 10. The van der Waals surface area contributed by atoms with Gasteiger partial charge in [-0.15, -0.1) is 0 Å². The largest absolute Gasteiger partial charge is 0.507 e. The van der Waals surface area contributed by atoms with Gasteiger partial charge in [-0.1, -0.05) is 31.2 Å². The molecule has 1 atom stereocenters. The standard InChI is InChI=1S/C25H29NO6/c1-4-14-32-19-11-9-17(10-12-19)22-21(23(27)18-7-5-8-20(16-18)31-3)24(28)25(29)26(22)13-6-15-30-2/h5,7-12,16,22,27H,4,6,13-15H2,1-3H3/b23-21-. The molecule has 1 aliphatic rings. The normalized spacial score (nSPS) is 17.6. The van der Waals surface area contributed by atoms with Gasteiger partial charge in [0.1, 0.15) is 17.3 Å². The van der Waals surface area contributed by atoms with Crippen LogP contribution in [0.3, 0.4) is 0 Å². The zero-order chi connectivity index (χ0) is 23.1. The molecule has 1 amide bonds. The van der Waals surface area contributed by atoms with Crippen molar-refractivity contribution in [3.63, 3.8) is 0 Å². The molecule has 0 spiro atoms. The van der Waals surface area contributed by atoms with Crippen LogP contribution in [-0.2, 0) is 14.3 Å². The number of aliphatic hydroxyl groups excluding tert-OH is 1. The summed E-state index contributed by atoms with van der Waals surface area (Å²) in [5, 5.41) is 11.1. The SMILES string of the molecule is CCCOc1ccc(C2/C(=C(/O)c3cccc(OC)c3)C(=O)C(=O)N2CCCOC)cc1. The summed E-state index contributed by atoms with van der Waals surface area (Å²) in [7, 11) is 3.11. The number of likely N-dealkylation sites (tertiary alicyclic amines) is 1. The van der Waals surface area contributed by atoms with Crippen LogP contribution in [0, 0.1) is 0 Å². The predicted octanol–water partition coefficient (Wildman–Crippen LogP) is 3.94. The molecule has 1 unspecified atom stereocenters. The number of nitrogens with zero attached hydrogens (tertiary/aromatic N) is 1. The van der Waals surface area contributed by atoms with Crippen molar-refractivity contribution in [1.29, 1.82) is 0 Å². The van der Waals surface area contributed by atoms with Crippen molar-refractivity contribution in [1.82, 2.24) is 4.90 Å². The van der Waals surface area contributed by atoms with Crippen molar-refractivity contribution in [2.45, 2.75) is 25.8 Å². The van der Waals surface area contributed by atoms with Crippen LogP contribution < -0.4 is 9.47 Å². The van der Waals surface area contributed by atoms with Crippen molar-refractivity contribution in [3.8, 4) is 11.5 Å². The lowest BCUT2D eigenvalue weighted by molar-refractivity contribution is -0.140. The molecule has 3 rings (SSSR count). The smallest absolute Gasteiger partial charge is 0.295 e. The van der Waals surface area contributed by atoms with Crippen LogP contribution in [0.4, 0.5) is 0 Å². The first-order valence-corrected chi connectivity index (χ1v) is 10.7. The number of Topliss-reactive ketones (excluding diaryl/α,β-unsaturated/α-hetero) is 1. The molecule has 0 aromatic heterocycles. The second-order valence-electron chi connectivity index (χ2n) is 7.49. The number of hydrogen-bond acceptors (Lipinski definition) is 6. The van der Waals surface area contributed by atoms with E-state index < -0.39 is 17.7 Å². The lowest BCUT2D eigenvalue weighted by Gasteiger charge is -2.25. The number of amides is 1. The van der Waals surface area contributed by atoms with Crippen molar-refractivity contribution in [2.75, 3.05) is 34.0 Å². The summed E-state index contributed by atoms with van der Waals surface area (Å²) in [4.78, 5) is 27.4. The Labute approximate surface area is 188 Å². The highest BCUT2D eigenvalue weighted by Gasteiger charge is 2.45. The van der Waals surface area contributed by atoms with Crippen molar-refractivity contribution in [2.24, 2.45) is 0 Å². The zero-order valence-electron chi connectivity index (χ0n) is 18.7. The van der Waals surface area contributed by atoms with Gasteiger partial charge in [0, 0.05) is 25.8 Å². The van der Waals surface area contributed by atoms with E-state index in [2.05, 4.69) is 0 Å². The lowest BCUT2D eigenvalue weighted by Crippen LogP contribution is -2.31. The Hall–Kier alpha value is -3.32. The number of carbonyl (C=O) groups excluding carboxylic acids is 2. The van der Waals surface area contributed by atoms with E-state index in [-0.39, 0.29) is 11.3 Å². The van der Waals surface area contributed by atoms with Gasteiger partial charge in [0.2, 0.25) is 0 Å². The van der Waals surface area contributed by atoms with Crippen LogP contribution in [-0.4, -0.2) is 55.7 Å². The Bertz CT molecular complexity index is 982. The maximum Gasteiger partial charge on any atom is 0.295 e. The van der Waals surface area contributed by atoms with Crippen LogP contribution in [0.1, 0.15) is 36.9 Å². The van der Waals surface area contributed by atoms with Gasteiger partial charge < -0.3 is 24.2 Å². The van der Waals surface area contributed by atoms with Gasteiger partial charge in [0.05, 0.1) is 25.3 Å². The first kappa shape index (κ1) is 23.3. The number of ether oxygens (including phenoxy) is 3. The number of benzene rings is 2. The van der Waals surface area contributed by atoms with Gasteiger partial charge in [-0.25, -0.2) is 0 Å². The molecule has 7 heteroatoms. The molecule has 2 aromatic carbocycles. The average Bonchev–Trinajstić information content (AvgIpc) is 3.07. The molecule has 1 fully saturated rings. The summed E-state index contributed by atoms with van der Waals surface area (Å²) < 4.78 is 16.0. The van der Waals surface area contributed by atoms with E-state index in [0.29, 0.717) is 43.2 Å². The predicted molar refractivity (Wildman–Crippen MR) is 121 cm³/mol. The summed E-state index contributed by atoms with van der Waals surface area (Å²) in [5.74, 6) is -0.328. The minimum Gasteiger partial charge on any atom is -0.507 e. The van der Waals surface area contributed by atoms with Crippen LogP contribution in [0.5, 0.6) is 11.5 Å². The second-order valence-corrected chi connectivity index (χ2v) is 7.49. The highest BCUT2D eigenvalue weighted by molar-refractivity contribution is 6.46. The maximum atomic E-state index is 13.0. The highest BCUT2D eigenvalue weighted by atomic mass is 16.5. The van der Waals surface area contributed by atoms with E-state index in [9.17, 15) is 14.7 Å². The molecule has 1 N–H and O–H groups in total.